The van der Waals surface area contributed by atoms with Crippen LogP contribution in [0.15, 0.2) is 30.6 Å². The van der Waals surface area contributed by atoms with Gasteiger partial charge in [-0.05, 0) is 39.9 Å². The maximum absolute atomic E-state index is 12.2. The highest BCUT2D eigenvalue weighted by molar-refractivity contribution is 6.01. The second kappa shape index (κ2) is 19.6. The van der Waals surface area contributed by atoms with Crippen molar-refractivity contribution in [3.05, 3.63) is 41.7 Å². The molecule has 238 valence electrons. The third kappa shape index (κ3) is 13.2. The second-order valence-electron chi connectivity index (χ2n) is 10.3. The molecular formula is C31H46N10O3. The van der Waals surface area contributed by atoms with Crippen LogP contribution in [-0.2, 0) is 14.3 Å². The monoisotopic (exact) mass is 606 g/mol. The van der Waals surface area contributed by atoms with Crippen LogP contribution in [0.2, 0.25) is 0 Å². The van der Waals surface area contributed by atoms with Crippen molar-refractivity contribution in [1.29, 1.82) is 5.41 Å². The molecule has 0 aromatic carbocycles. The molecule has 5 N–H and O–H groups in total. The Morgan fingerprint density at radius 1 is 1.09 bits per heavy atom. The lowest BCUT2D eigenvalue weighted by atomic mass is 10.1. The fourth-order valence-corrected chi connectivity index (χ4v) is 3.68. The number of unbranched alkanes of at least 4 members (excludes halogenated alkanes) is 1. The van der Waals surface area contributed by atoms with Crippen molar-refractivity contribution in [2.75, 3.05) is 83.5 Å². The predicted molar refractivity (Wildman–Crippen MR) is 176 cm³/mol. The Labute approximate surface area is 260 Å². The number of hydrogen-bond donors (Lipinski definition) is 5. The van der Waals surface area contributed by atoms with E-state index < -0.39 is 0 Å². The summed E-state index contributed by atoms with van der Waals surface area (Å²) in [5.41, 5.74) is 2.37. The molecule has 13 nitrogen and oxygen atoms in total. The number of hydrogen-bond acceptors (Lipinski definition) is 11. The Morgan fingerprint density at radius 2 is 1.86 bits per heavy atom. The number of aromatic nitrogens is 3. The van der Waals surface area contributed by atoms with Gasteiger partial charge in [0.25, 0.3) is 0 Å². The van der Waals surface area contributed by atoms with Crippen molar-refractivity contribution in [3.63, 3.8) is 0 Å². The molecule has 2 heterocycles. The van der Waals surface area contributed by atoms with E-state index in [1.54, 1.807) is 39.6 Å². The molecule has 2 aromatic rings. The van der Waals surface area contributed by atoms with Gasteiger partial charge in [-0.25, -0.2) is 9.97 Å². The van der Waals surface area contributed by atoms with Gasteiger partial charge in [0.1, 0.15) is 11.6 Å². The lowest BCUT2D eigenvalue weighted by Gasteiger charge is -2.14. The summed E-state index contributed by atoms with van der Waals surface area (Å²) in [5.74, 6) is 7.44. The predicted octanol–water partition coefficient (Wildman–Crippen LogP) is 2.71. The quantitative estimate of drug-likeness (QED) is 0.0739. The van der Waals surface area contributed by atoms with Gasteiger partial charge in [-0.2, -0.15) is 4.98 Å². The van der Waals surface area contributed by atoms with Crippen LogP contribution in [0, 0.1) is 17.3 Å². The van der Waals surface area contributed by atoms with Gasteiger partial charge < -0.3 is 41.2 Å². The van der Waals surface area contributed by atoms with Gasteiger partial charge in [-0.3, -0.25) is 9.59 Å². The van der Waals surface area contributed by atoms with Crippen LogP contribution in [0.3, 0.4) is 0 Å². The van der Waals surface area contributed by atoms with E-state index in [1.807, 2.05) is 25.1 Å². The molecule has 0 aliphatic carbocycles. The summed E-state index contributed by atoms with van der Waals surface area (Å²) >= 11 is 0. The molecule has 0 atom stereocenters. The van der Waals surface area contributed by atoms with Gasteiger partial charge in [0.05, 0.1) is 36.8 Å². The summed E-state index contributed by atoms with van der Waals surface area (Å²) in [6.45, 7) is 6.72. The number of nitrogens with one attached hydrogen (secondary N) is 5. The topological polar surface area (TPSA) is 160 Å². The average Bonchev–Trinajstić information content (AvgIpc) is 2.98. The largest absolute Gasteiger partial charge is 0.383 e. The fraction of sp³-hybridized carbons (Fsp3) is 0.484. The summed E-state index contributed by atoms with van der Waals surface area (Å²) in [5, 5.41) is 20.6. The van der Waals surface area contributed by atoms with Crippen LogP contribution in [-0.4, -0.2) is 110 Å². The van der Waals surface area contributed by atoms with Gasteiger partial charge in [0.2, 0.25) is 17.8 Å². The van der Waals surface area contributed by atoms with Crippen molar-refractivity contribution in [3.8, 4) is 11.8 Å². The number of methoxy groups -OCH3 is 1. The number of pyridine rings is 1. The molecule has 0 unspecified atom stereocenters. The first-order chi connectivity index (χ1) is 21.1. The molecular weight excluding hydrogens is 560 g/mol. The zero-order chi connectivity index (χ0) is 32.3. The van der Waals surface area contributed by atoms with Crippen molar-refractivity contribution in [2.24, 2.45) is 0 Å². The SMILES string of the molecule is CCCNc1nc(Nc2cnc(NCCOC)c(C(C)=N)c2)ncc1C#CCCCNC(=O)CN(C)C(=O)/C=C/CN(C)C. The molecule has 0 bridgehead atoms. The Bertz CT molecular complexity index is 1330. The second-order valence-corrected chi connectivity index (χ2v) is 10.3. The molecule has 2 amide bonds. The first kappa shape index (κ1) is 35.7. The standard InChI is InChI=1S/C31H46N10O3/c1-7-14-34-29-24(12-9-8-10-15-33-27(42)22-41(5)28(43)13-11-17-40(3)4)20-37-31(39-29)38-25-19-26(23(2)32)30(36-21-25)35-16-18-44-6/h11,13,19-21,32H,7-8,10,14-18,22H2,1-6H3,(H,33,42)(H,35,36)(H2,34,37,38,39)/b13-11+,32-23?. The van der Waals surface area contributed by atoms with Gasteiger partial charge in [-0.15, -0.1) is 0 Å². The maximum atomic E-state index is 12.2. The number of nitrogens with zero attached hydrogens (tertiary/aromatic N) is 5. The van der Waals surface area contributed by atoms with Crippen LogP contribution in [0.25, 0.3) is 0 Å². The van der Waals surface area contributed by atoms with Gasteiger partial charge in [0, 0.05) is 64.1 Å². The fourth-order valence-electron chi connectivity index (χ4n) is 3.68. The van der Waals surface area contributed by atoms with Crippen molar-refractivity contribution in [1.82, 2.24) is 30.1 Å². The Kier molecular flexibility index (Phi) is 15.9. The van der Waals surface area contributed by atoms with Crippen LogP contribution in [0.1, 0.15) is 44.2 Å². The highest BCUT2D eigenvalue weighted by Crippen LogP contribution is 2.21. The molecule has 13 heteroatoms. The number of ether oxygens (including phenoxy) is 1. The maximum Gasteiger partial charge on any atom is 0.246 e. The summed E-state index contributed by atoms with van der Waals surface area (Å²) in [7, 11) is 7.07. The van der Waals surface area contributed by atoms with E-state index in [4.69, 9.17) is 10.1 Å². The molecule has 0 spiro atoms. The van der Waals surface area contributed by atoms with Crippen LogP contribution < -0.4 is 21.3 Å². The van der Waals surface area contributed by atoms with Gasteiger partial charge >= 0.3 is 0 Å². The molecule has 0 aliphatic rings. The minimum atomic E-state index is -0.215. The van der Waals surface area contributed by atoms with Crippen molar-refractivity contribution >= 4 is 40.8 Å². The average molecular weight is 607 g/mol. The Hall–Kier alpha value is -4.54. The van der Waals surface area contributed by atoms with Gasteiger partial charge in [-0.1, -0.05) is 24.8 Å². The lowest BCUT2D eigenvalue weighted by Crippen LogP contribution is -2.38. The normalized spacial score (nSPS) is 10.7. The molecule has 0 saturated carbocycles. The molecule has 2 aromatic heterocycles. The lowest BCUT2D eigenvalue weighted by molar-refractivity contribution is -0.131. The zero-order valence-electron chi connectivity index (χ0n) is 26.7. The highest BCUT2D eigenvalue weighted by atomic mass is 16.5. The van der Waals surface area contributed by atoms with E-state index in [0.717, 1.165) is 13.0 Å². The third-order valence-corrected chi connectivity index (χ3v) is 5.99. The van der Waals surface area contributed by atoms with Crippen LogP contribution in [0.5, 0.6) is 0 Å². The smallest absolute Gasteiger partial charge is 0.246 e. The molecule has 44 heavy (non-hydrogen) atoms. The molecule has 2 rings (SSSR count). The number of likely N-dealkylation sites (N-methyl/N-ethyl adjacent to an activating group) is 2. The minimum absolute atomic E-state index is 0.00519. The van der Waals surface area contributed by atoms with E-state index in [9.17, 15) is 9.59 Å². The van der Waals surface area contributed by atoms with Gasteiger partial charge in [0.15, 0.2) is 0 Å². The highest BCUT2D eigenvalue weighted by Gasteiger charge is 2.11. The molecule has 0 radical (unpaired) electrons. The number of rotatable bonds is 18. The number of carbonyl (C=O) groups excluding carboxylic acids is 2. The number of anilines is 4. The summed E-state index contributed by atoms with van der Waals surface area (Å²) in [6.07, 6.45) is 8.71. The molecule has 0 aliphatic heterocycles. The molecule has 0 fully saturated rings. The van der Waals surface area contributed by atoms with E-state index in [0.29, 0.717) is 79.2 Å². The summed E-state index contributed by atoms with van der Waals surface area (Å²) in [6, 6.07) is 1.83. The van der Waals surface area contributed by atoms with E-state index in [-0.39, 0.29) is 18.4 Å². The minimum Gasteiger partial charge on any atom is -0.383 e. The van der Waals surface area contributed by atoms with E-state index in [1.165, 1.54) is 11.0 Å². The first-order valence-electron chi connectivity index (χ1n) is 14.6. The Morgan fingerprint density at radius 3 is 2.57 bits per heavy atom. The molecule has 0 saturated heterocycles. The first-order valence-corrected chi connectivity index (χ1v) is 14.6. The van der Waals surface area contributed by atoms with Crippen molar-refractivity contribution in [2.45, 2.75) is 33.1 Å². The zero-order valence-corrected chi connectivity index (χ0v) is 26.7. The number of amides is 2. The van der Waals surface area contributed by atoms with Crippen molar-refractivity contribution < 1.29 is 14.3 Å². The number of carbonyl (C=O) groups is 2. The third-order valence-electron chi connectivity index (χ3n) is 5.99. The van der Waals surface area contributed by atoms with Crippen LogP contribution in [0.4, 0.5) is 23.3 Å². The Balaban J connectivity index is 1.95. The van der Waals surface area contributed by atoms with E-state index in [2.05, 4.69) is 55.0 Å². The van der Waals surface area contributed by atoms with E-state index >= 15 is 0 Å². The summed E-state index contributed by atoms with van der Waals surface area (Å²) in [4.78, 5) is 41.1. The summed E-state index contributed by atoms with van der Waals surface area (Å²) < 4.78 is 5.08. The van der Waals surface area contributed by atoms with Crippen LogP contribution >= 0.6 is 0 Å².